The first-order chi connectivity index (χ1) is 14.5. The van der Waals surface area contributed by atoms with Crippen LogP contribution in [0, 0.1) is 6.92 Å². The van der Waals surface area contributed by atoms with Gasteiger partial charge in [-0.05, 0) is 38.5 Å². The number of aromatic hydroxyl groups is 1. The zero-order valence-corrected chi connectivity index (χ0v) is 18.6. The Balaban J connectivity index is 2.28. The molecule has 0 bridgehead atoms. The zero-order valence-electron chi connectivity index (χ0n) is 17.0. The standard InChI is InChI=1S/C20H22ClN3O6S/c1-4-18(31(29,30)13-7-5-11(2)6-8-13)20(27)22-15-10-17(25)16(9-14(15)21)23-19(26)12(3)24-28/h5-10,18,25,28H,4H2,1-3H3,(H,22,27)(H,23,26). The first-order valence-corrected chi connectivity index (χ1v) is 11.1. The Hall–Kier alpha value is -3.11. The Morgan fingerprint density at radius 2 is 1.74 bits per heavy atom. The van der Waals surface area contributed by atoms with Gasteiger partial charge in [-0.3, -0.25) is 9.59 Å². The third kappa shape index (κ3) is 5.53. The van der Waals surface area contributed by atoms with Crippen LogP contribution in [-0.4, -0.2) is 41.5 Å². The third-order valence-electron chi connectivity index (χ3n) is 4.46. The number of oxime groups is 1. The number of aryl methyl sites for hydroxylation is 1. The molecule has 0 radical (unpaired) electrons. The van der Waals surface area contributed by atoms with E-state index in [1.807, 2.05) is 6.92 Å². The molecule has 1 atom stereocenters. The van der Waals surface area contributed by atoms with Gasteiger partial charge in [-0.1, -0.05) is 41.4 Å². The molecule has 31 heavy (non-hydrogen) atoms. The van der Waals surface area contributed by atoms with Crippen molar-refractivity contribution in [2.24, 2.45) is 5.16 Å². The molecule has 2 aromatic rings. The number of nitrogens with one attached hydrogen (secondary N) is 2. The summed E-state index contributed by atoms with van der Waals surface area (Å²) in [6.45, 7) is 4.64. The predicted molar refractivity (Wildman–Crippen MR) is 118 cm³/mol. The average molecular weight is 468 g/mol. The number of nitrogens with zero attached hydrogens (tertiary/aromatic N) is 1. The molecule has 0 aliphatic rings. The first kappa shape index (κ1) is 24.2. The molecule has 0 aliphatic carbocycles. The summed E-state index contributed by atoms with van der Waals surface area (Å²) in [6, 6.07) is 8.41. The fourth-order valence-corrected chi connectivity index (χ4v) is 4.50. The molecule has 0 fully saturated rings. The van der Waals surface area contributed by atoms with Gasteiger partial charge in [-0.2, -0.15) is 0 Å². The van der Waals surface area contributed by atoms with Crippen LogP contribution in [0.4, 0.5) is 11.4 Å². The third-order valence-corrected chi connectivity index (χ3v) is 7.00. The fourth-order valence-electron chi connectivity index (χ4n) is 2.67. The van der Waals surface area contributed by atoms with Crippen molar-refractivity contribution in [3.05, 3.63) is 47.0 Å². The van der Waals surface area contributed by atoms with E-state index < -0.39 is 32.7 Å². The number of halogens is 1. The number of carbonyl (C=O) groups excluding carboxylic acids is 2. The number of phenolic OH excluding ortho intramolecular Hbond substituents is 1. The van der Waals surface area contributed by atoms with Gasteiger partial charge in [-0.15, -0.1) is 0 Å². The number of hydrogen-bond acceptors (Lipinski definition) is 7. The number of benzene rings is 2. The van der Waals surface area contributed by atoms with Crippen LogP contribution in [0.5, 0.6) is 5.75 Å². The summed E-state index contributed by atoms with van der Waals surface area (Å²) in [5, 5.41) is 24.8. The van der Waals surface area contributed by atoms with Crippen molar-refractivity contribution in [1.29, 1.82) is 0 Å². The predicted octanol–water partition coefficient (Wildman–Crippen LogP) is 3.33. The second kappa shape index (κ2) is 9.80. The highest BCUT2D eigenvalue weighted by Crippen LogP contribution is 2.34. The average Bonchev–Trinajstić information content (AvgIpc) is 2.71. The number of anilines is 2. The maximum absolute atomic E-state index is 12.9. The van der Waals surface area contributed by atoms with E-state index in [4.69, 9.17) is 16.8 Å². The Labute approximate surface area is 184 Å². The Morgan fingerprint density at radius 1 is 1.13 bits per heavy atom. The highest BCUT2D eigenvalue weighted by Gasteiger charge is 2.33. The van der Waals surface area contributed by atoms with E-state index in [9.17, 15) is 23.1 Å². The van der Waals surface area contributed by atoms with Gasteiger partial charge < -0.3 is 20.9 Å². The Morgan fingerprint density at radius 3 is 2.29 bits per heavy atom. The second-order valence-corrected chi connectivity index (χ2v) is 9.27. The summed E-state index contributed by atoms with van der Waals surface area (Å²) < 4.78 is 25.8. The minimum Gasteiger partial charge on any atom is -0.506 e. The largest absolute Gasteiger partial charge is 0.506 e. The number of rotatable bonds is 7. The van der Waals surface area contributed by atoms with E-state index in [0.29, 0.717) is 0 Å². The Kier molecular flexibility index (Phi) is 7.64. The SMILES string of the molecule is CCC(C(=O)Nc1cc(O)c(NC(=O)C(C)=NO)cc1Cl)S(=O)(=O)c1ccc(C)cc1. The maximum Gasteiger partial charge on any atom is 0.273 e. The van der Waals surface area contributed by atoms with Gasteiger partial charge in [0.1, 0.15) is 16.7 Å². The molecule has 1 unspecified atom stereocenters. The van der Waals surface area contributed by atoms with Gasteiger partial charge in [0.2, 0.25) is 5.91 Å². The van der Waals surface area contributed by atoms with E-state index in [2.05, 4.69) is 15.8 Å². The lowest BCUT2D eigenvalue weighted by Gasteiger charge is -2.17. The number of amides is 2. The van der Waals surface area contributed by atoms with E-state index in [1.165, 1.54) is 25.1 Å². The van der Waals surface area contributed by atoms with Crippen molar-refractivity contribution in [2.75, 3.05) is 10.6 Å². The molecule has 4 N–H and O–H groups in total. The van der Waals surface area contributed by atoms with Crippen LogP contribution >= 0.6 is 11.6 Å². The van der Waals surface area contributed by atoms with Crippen LogP contribution in [-0.2, 0) is 19.4 Å². The summed E-state index contributed by atoms with van der Waals surface area (Å²) in [6.07, 6.45) is 0.0134. The van der Waals surface area contributed by atoms with E-state index in [1.54, 1.807) is 19.1 Å². The van der Waals surface area contributed by atoms with Crippen LogP contribution in [0.2, 0.25) is 5.02 Å². The van der Waals surface area contributed by atoms with Gasteiger partial charge in [0.15, 0.2) is 9.84 Å². The zero-order chi connectivity index (χ0) is 23.3. The molecule has 0 heterocycles. The van der Waals surface area contributed by atoms with Gasteiger partial charge >= 0.3 is 0 Å². The molecule has 2 aromatic carbocycles. The Bertz CT molecular complexity index is 1130. The molecule has 0 aliphatic heterocycles. The van der Waals surface area contributed by atoms with E-state index in [-0.39, 0.29) is 33.4 Å². The minimum absolute atomic E-state index is 0.0134. The van der Waals surface area contributed by atoms with Crippen LogP contribution in [0.25, 0.3) is 0 Å². The number of hydrogen-bond donors (Lipinski definition) is 4. The van der Waals surface area contributed by atoms with Crippen LogP contribution in [0.15, 0.2) is 46.4 Å². The highest BCUT2D eigenvalue weighted by atomic mass is 35.5. The van der Waals surface area contributed by atoms with Crippen LogP contribution in [0.1, 0.15) is 25.8 Å². The monoisotopic (exact) mass is 467 g/mol. The lowest BCUT2D eigenvalue weighted by atomic mass is 10.2. The maximum atomic E-state index is 12.9. The second-order valence-electron chi connectivity index (χ2n) is 6.73. The van der Waals surface area contributed by atoms with Crippen molar-refractivity contribution >= 4 is 50.3 Å². The molecule has 0 saturated carbocycles. The molecule has 0 aromatic heterocycles. The molecular weight excluding hydrogens is 446 g/mol. The quantitative estimate of drug-likeness (QED) is 0.212. The van der Waals surface area contributed by atoms with Crippen molar-refractivity contribution in [3.8, 4) is 5.75 Å². The van der Waals surface area contributed by atoms with Crippen LogP contribution in [0.3, 0.4) is 0 Å². The summed E-state index contributed by atoms with van der Waals surface area (Å²) >= 11 is 6.13. The van der Waals surface area contributed by atoms with Crippen LogP contribution < -0.4 is 10.6 Å². The highest BCUT2D eigenvalue weighted by molar-refractivity contribution is 7.92. The molecule has 0 spiro atoms. The van der Waals surface area contributed by atoms with Gasteiger partial charge in [0, 0.05) is 6.07 Å². The molecule has 166 valence electrons. The van der Waals surface area contributed by atoms with Crippen molar-refractivity contribution in [1.82, 2.24) is 0 Å². The van der Waals surface area contributed by atoms with Gasteiger partial charge in [0.25, 0.3) is 5.91 Å². The smallest absolute Gasteiger partial charge is 0.273 e. The fraction of sp³-hybridized carbons (Fsp3) is 0.250. The molecule has 2 rings (SSSR count). The molecule has 11 heteroatoms. The van der Waals surface area contributed by atoms with E-state index in [0.717, 1.165) is 11.6 Å². The van der Waals surface area contributed by atoms with Gasteiger partial charge in [0.05, 0.1) is 21.3 Å². The number of phenols is 1. The number of carbonyl (C=O) groups is 2. The molecule has 9 nitrogen and oxygen atoms in total. The topological polar surface area (TPSA) is 145 Å². The van der Waals surface area contributed by atoms with Crippen molar-refractivity contribution in [2.45, 2.75) is 37.3 Å². The molecule has 2 amide bonds. The summed E-state index contributed by atoms with van der Waals surface area (Å²) in [7, 11) is -3.96. The normalized spacial score (nSPS) is 12.8. The lowest BCUT2D eigenvalue weighted by Crippen LogP contribution is -2.34. The first-order valence-electron chi connectivity index (χ1n) is 9.15. The van der Waals surface area contributed by atoms with Crippen molar-refractivity contribution in [3.63, 3.8) is 0 Å². The van der Waals surface area contributed by atoms with E-state index >= 15 is 0 Å². The lowest BCUT2D eigenvalue weighted by molar-refractivity contribution is -0.116. The molecular formula is C20H22ClN3O6S. The minimum atomic E-state index is -3.96. The summed E-state index contributed by atoms with van der Waals surface area (Å²) in [5.74, 6) is -2.03. The molecule has 0 saturated heterocycles. The van der Waals surface area contributed by atoms with Crippen molar-refractivity contribution < 1.29 is 28.3 Å². The summed E-state index contributed by atoms with van der Waals surface area (Å²) in [5.41, 5.74) is 0.508. The summed E-state index contributed by atoms with van der Waals surface area (Å²) in [4.78, 5) is 24.5. The number of sulfone groups is 1. The van der Waals surface area contributed by atoms with Gasteiger partial charge in [-0.25, -0.2) is 8.42 Å².